The predicted molar refractivity (Wildman–Crippen MR) is 146 cm³/mol. The van der Waals surface area contributed by atoms with E-state index in [1.807, 2.05) is 41.1 Å². The molecule has 10 heteroatoms. The first-order valence-electron chi connectivity index (χ1n) is 11.7. The van der Waals surface area contributed by atoms with Crippen molar-refractivity contribution >= 4 is 63.1 Å². The molecular formula is C28H20ClN3O5S. The number of imide groups is 1. The first kappa shape index (κ1) is 24.1. The van der Waals surface area contributed by atoms with Crippen molar-refractivity contribution in [2.45, 2.75) is 13.1 Å². The summed E-state index contributed by atoms with van der Waals surface area (Å²) in [6, 6.07) is 19.9. The number of para-hydroxylation sites is 1. The van der Waals surface area contributed by atoms with Crippen molar-refractivity contribution in [3.8, 4) is 11.5 Å². The summed E-state index contributed by atoms with van der Waals surface area (Å²) in [7, 11) is 0. The molecule has 8 nitrogen and oxygen atoms in total. The van der Waals surface area contributed by atoms with E-state index in [9.17, 15) is 14.4 Å². The third kappa shape index (κ3) is 4.62. The van der Waals surface area contributed by atoms with Crippen molar-refractivity contribution in [2.24, 2.45) is 0 Å². The molecule has 0 atom stereocenters. The summed E-state index contributed by atoms with van der Waals surface area (Å²) >= 11 is 7.12. The first-order valence-corrected chi connectivity index (χ1v) is 12.9. The molecule has 0 aliphatic carbocycles. The molecule has 38 heavy (non-hydrogen) atoms. The van der Waals surface area contributed by atoms with E-state index >= 15 is 0 Å². The van der Waals surface area contributed by atoms with Crippen LogP contribution in [0.1, 0.15) is 11.1 Å². The summed E-state index contributed by atoms with van der Waals surface area (Å²) in [6.45, 7) is 0.310. The van der Waals surface area contributed by atoms with Gasteiger partial charge in [0.05, 0.1) is 11.4 Å². The fourth-order valence-electron chi connectivity index (χ4n) is 4.43. The fraction of sp³-hybridized carbons (Fsp3) is 0.107. The number of carbonyl (C=O) groups excluding carboxylic acids is 3. The van der Waals surface area contributed by atoms with Gasteiger partial charge in [-0.1, -0.05) is 48.0 Å². The van der Waals surface area contributed by atoms with E-state index < -0.39 is 0 Å². The Kier molecular flexibility index (Phi) is 6.30. The number of amides is 3. The lowest BCUT2D eigenvalue weighted by Crippen LogP contribution is -2.27. The summed E-state index contributed by atoms with van der Waals surface area (Å²) < 4.78 is 12.5. The molecule has 2 aliphatic rings. The van der Waals surface area contributed by atoms with E-state index in [2.05, 4.69) is 5.32 Å². The standard InChI is InChI=1S/C28H20ClN3O5S/c29-21-7-3-1-5-17(21)14-32-27(34)25(38-28(32)35)11-18-13-31(22-8-4-2-6-20(18)22)15-26(33)30-19-9-10-23-24(12-19)37-16-36-23/h1-13H,14-16H2,(H,30,33)/b25-11-. The molecule has 190 valence electrons. The number of halogens is 1. The Hall–Kier alpha value is -4.21. The number of thioether (sulfide) groups is 1. The van der Waals surface area contributed by atoms with Crippen LogP contribution in [0.4, 0.5) is 10.5 Å². The van der Waals surface area contributed by atoms with Gasteiger partial charge in [-0.3, -0.25) is 19.3 Å². The summed E-state index contributed by atoms with van der Waals surface area (Å²) in [6.07, 6.45) is 3.51. The number of rotatable bonds is 6. The van der Waals surface area contributed by atoms with Crippen molar-refractivity contribution in [1.29, 1.82) is 0 Å². The number of fused-ring (bicyclic) bond motifs is 2. The Labute approximate surface area is 226 Å². The van der Waals surface area contributed by atoms with Crippen LogP contribution in [0.15, 0.2) is 77.8 Å². The zero-order valence-corrected chi connectivity index (χ0v) is 21.4. The SMILES string of the molecule is O=C(Cn1cc(/C=C2\SC(=O)N(Cc3ccccc3Cl)C2=O)c2ccccc21)Nc1ccc2c(c1)OCO2. The molecule has 1 aromatic heterocycles. The zero-order chi connectivity index (χ0) is 26.2. The van der Waals surface area contributed by atoms with E-state index in [0.29, 0.717) is 32.7 Å². The van der Waals surface area contributed by atoms with E-state index in [-0.39, 0.29) is 36.9 Å². The van der Waals surface area contributed by atoms with Gasteiger partial charge in [0.25, 0.3) is 11.1 Å². The van der Waals surface area contributed by atoms with Crippen molar-refractivity contribution in [3.63, 3.8) is 0 Å². The van der Waals surface area contributed by atoms with Gasteiger partial charge >= 0.3 is 0 Å². The number of aromatic nitrogens is 1. The Morgan fingerprint density at radius 2 is 1.82 bits per heavy atom. The molecule has 0 bridgehead atoms. The molecule has 2 aliphatic heterocycles. The van der Waals surface area contributed by atoms with Gasteiger partial charge in [-0.05, 0) is 47.7 Å². The Morgan fingerprint density at radius 3 is 2.68 bits per heavy atom. The van der Waals surface area contributed by atoms with Gasteiger partial charge in [0.2, 0.25) is 12.7 Å². The molecule has 0 saturated carbocycles. The van der Waals surface area contributed by atoms with Gasteiger partial charge < -0.3 is 19.4 Å². The van der Waals surface area contributed by atoms with Crippen LogP contribution in [0.5, 0.6) is 11.5 Å². The van der Waals surface area contributed by atoms with Gasteiger partial charge in [0.15, 0.2) is 11.5 Å². The predicted octanol–water partition coefficient (Wildman–Crippen LogP) is 5.90. The topological polar surface area (TPSA) is 89.9 Å². The second-order valence-electron chi connectivity index (χ2n) is 8.70. The van der Waals surface area contributed by atoms with Crippen molar-refractivity contribution in [3.05, 3.63) is 94.0 Å². The largest absolute Gasteiger partial charge is 0.454 e. The van der Waals surface area contributed by atoms with E-state index in [0.717, 1.165) is 28.2 Å². The Balaban J connectivity index is 1.23. The number of nitrogens with zero attached hydrogens (tertiary/aromatic N) is 2. The highest BCUT2D eigenvalue weighted by atomic mass is 35.5. The molecule has 1 N–H and O–H groups in total. The van der Waals surface area contributed by atoms with Crippen LogP contribution < -0.4 is 14.8 Å². The molecular weight excluding hydrogens is 526 g/mol. The number of benzene rings is 3. The highest BCUT2D eigenvalue weighted by Crippen LogP contribution is 2.36. The maximum Gasteiger partial charge on any atom is 0.293 e. The highest BCUT2D eigenvalue weighted by Gasteiger charge is 2.35. The minimum absolute atomic E-state index is 0.0524. The van der Waals surface area contributed by atoms with Crippen LogP contribution in [0.25, 0.3) is 17.0 Å². The van der Waals surface area contributed by atoms with E-state index in [1.54, 1.807) is 42.5 Å². The van der Waals surface area contributed by atoms with Gasteiger partial charge in [-0.15, -0.1) is 0 Å². The number of ether oxygens (including phenoxy) is 2. The average Bonchev–Trinajstić information content (AvgIpc) is 3.58. The number of carbonyl (C=O) groups is 3. The van der Waals surface area contributed by atoms with Crippen molar-refractivity contribution in [1.82, 2.24) is 9.47 Å². The molecule has 3 amide bonds. The number of hydrogen-bond acceptors (Lipinski definition) is 6. The zero-order valence-electron chi connectivity index (χ0n) is 19.8. The molecule has 4 aromatic rings. The lowest BCUT2D eigenvalue weighted by atomic mass is 10.1. The number of hydrogen-bond donors (Lipinski definition) is 1. The molecule has 6 rings (SSSR count). The minimum atomic E-state index is -0.377. The van der Waals surface area contributed by atoms with Gasteiger partial charge in [0, 0.05) is 39.4 Å². The number of nitrogens with one attached hydrogen (secondary N) is 1. The summed E-state index contributed by atoms with van der Waals surface area (Å²) in [5.74, 6) is 0.619. The molecule has 3 aromatic carbocycles. The summed E-state index contributed by atoms with van der Waals surface area (Å²) in [4.78, 5) is 40.2. The van der Waals surface area contributed by atoms with Crippen LogP contribution in [0.3, 0.4) is 0 Å². The Morgan fingerprint density at radius 1 is 1.03 bits per heavy atom. The molecule has 1 fully saturated rings. The van der Waals surface area contributed by atoms with Crippen LogP contribution in [-0.2, 0) is 22.7 Å². The molecule has 0 radical (unpaired) electrons. The fourth-order valence-corrected chi connectivity index (χ4v) is 5.45. The van der Waals surface area contributed by atoms with Gasteiger partial charge in [-0.2, -0.15) is 0 Å². The monoisotopic (exact) mass is 545 g/mol. The molecule has 0 unspecified atom stereocenters. The minimum Gasteiger partial charge on any atom is -0.454 e. The van der Waals surface area contributed by atoms with E-state index in [1.165, 1.54) is 4.90 Å². The lowest BCUT2D eigenvalue weighted by Gasteiger charge is -2.13. The average molecular weight is 546 g/mol. The second kappa shape index (κ2) is 9.92. The highest BCUT2D eigenvalue weighted by molar-refractivity contribution is 8.18. The Bertz CT molecular complexity index is 1650. The maximum atomic E-state index is 13.1. The first-order chi connectivity index (χ1) is 18.5. The van der Waals surface area contributed by atoms with Crippen molar-refractivity contribution in [2.75, 3.05) is 12.1 Å². The smallest absolute Gasteiger partial charge is 0.293 e. The summed E-state index contributed by atoms with van der Waals surface area (Å²) in [5, 5.41) is 3.89. The second-order valence-corrected chi connectivity index (χ2v) is 10.1. The van der Waals surface area contributed by atoms with Gasteiger partial charge in [-0.25, -0.2) is 0 Å². The third-order valence-electron chi connectivity index (χ3n) is 6.24. The molecule has 1 saturated heterocycles. The molecule has 0 spiro atoms. The van der Waals surface area contributed by atoms with Crippen LogP contribution >= 0.6 is 23.4 Å². The normalized spacial score (nSPS) is 15.6. The summed E-state index contributed by atoms with van der Waals surface area (Å²) in [5.41, 5.74) is 2.86. The lowest BCUT2D eigenvalue weighted by molar-refractivity contribution is -0.123. The quantitative estimate of drug-likeness (QED) is 0.303. The van der Waals surface area contributed by atoms with E-state index in [4.69, 9.17) is 21.1 Å². The van der Waals surface area contributed by atoms with Crippen molar-refractivity contribution < 1.29 is 23.9 Å². The third-order valence-corrected chi connectivity index (χ3v) is 7.51. The van der Waals surface area contributed by atoms with Gasteiger partial charge in [0.1, 0.15) is 6.54 Å². The van der Waals surface area contributed by atoms with Crippen LogP contribution in [0, 0.1) is 0 Å². The number of anilines is 1. The molecule has 3 heterocycles. The van der Waals surface area contributed by atoms with Crippen LogP contribution in [0.2, 0.25) is 5.02 Å². The maximum absolute atomic E-state index is 13.1. The van der Waals surface area contributed by atoms with Crippen LogP contribution in [-0.4, -0.2) is 33.3 Å².